The van der Waals surface area contributed by atoms with Crippen molar-refractivity contribution >= 4 is 0 Å². The fourth-order valence-corrected chi connectivity index (χ4v) is 1.12. The van der Waals surface area contributed by atoms with E-state index in [1.807, 2.05) is 0 Å². The van der Waals surface area contributed by atoms with Crippen LogP contribution >= 0.6 is 0 Å². The van der Waals surface area contributed by atoms with Crippen molar-refractivity contribution in [1.29, 1.82) is 0 Å². The standard InChI is InChI=1S/C10H12F3NO2/c1-7-5-8(10(11,12)13)9(6-14-7)16-4-3-15-2/h5-6H,3-4H2,1-2H3. The maximum absolute atomic E-state index is 12.6. The fraction of sp³-hybridized carbons (Fsp3) is 0.500. The van der Waals surface area contributed by atoms with Crippen molar-refractivity contribution in [3.05, 3.63) is 23.5 Å². The van der Waals surface area contributed by atoms with Crippen LogP contribution in [0, 0.1) is 6.92 Å². The summed E-state index contributed by atoms with van der Waals surface area (Å²) < 4.78 is 47.4. The van der Waals surface area contributed by atoms with Crippen LogP contribution in [0.25, 0.3) is 0 Å². The summed E-state index contributed by atoms with van der Waals surface area (Å²) >= 11 is 0. The highest BCUT2D eigenvalue weighted by Crippen LogP contribution is 2.35. The summed E-state index contributed by atoms with van der Waals surface area (Å²) in [6.07, 6.45) is -3.36. The molecule has 0 aliphatic rings. The normalized spacial score (nSPS) is 11.6. The van der Waals surface area contributed by atoms with Crippen LogP contribution in [0.1, 0.15) is 11.3 Å². The Hall–Kier alpha value is -1.30. The average molecular weight is 235 g/mol. The highest BCUT2D eigenvalue weighted by atomic mass is 19.4. The molecule has 0 N–H and O–H groups in total. The van der Waals surface area contributed by atoms with E-state index in [9.17, 15) is 13.2 Å². The first-order chi connectivity index (χ1) is 7.45. The number of pyridine rings is 1. The molecule has 1 aromatic rings. The van der Waals surface area contributed by atoms with Gasteiger partial charge in [-0.3, -0.25) is 4.98 Å². The molecule has 0 unspecified atom stereocenters. The second kappa shape index (κ2) is 5.16. The van der Waals surface area contributed by atoms with Gasteiger partial charge in [0, 0.05) is 12.8 Å². The molecule has 0 amide bonds. The number of methoxy groups -OCH3 is 1. The Morgan fingerprint density at radius 3 is 2.56 bits per heavy atom. The van der Waals surface area contributed by atoms with Gasteiger partial charge in [-0.15, -0.1) is 0 Å². The minimum absolute atomic E-state index is 0.0598. The van der Waals surface area contributed by atoms with Crippen LogP contribution in [-0.4, -0.2) is 25.3 Å². The van der Waals surface area contributed by atoms with Crippen molar-refractivity contribution in [2.24, 2.45) is 0 Å². The number of halogens is 3. The van der Waals surface area contributed by atoms with Gasteiger partial charge in [-0.1, -0.05) is 0 Å². The highest BCUT2D eigenvalue weighted by molar-refractivity contribution is 5.34. The third kappa shape index (κ3) is 3.37. The largest absolute Gasteiger partial charge is 0.489 e. The van der Waals surface area contributed by atoms with E-state index in [2.05, 4.69) is 9.72 Å². The van der Waals surface area contributed by atoms with Crippen LogP contribution in [-0.2, 0) is 10.9 Å². The van der Waals surface area contributed by atoms with Crippen LogP contribution in [0.2, 0.25) is 0 Å². The lowest BCUT2D eigenvalue weighted by atomic mass is 10.2. The van der Waals surface area contributed by atoms with E-state index in [0.717, 1.165) is 12.3 Å². The van der Waals surface area contributed by atoms with Crippen LogP contribution in [0.4, 0.5) is 13.2 Å². The quantitative estimate of drug-likeness (QED) is 0.751. The smallest absolute Gasteiger partial charge is 0.420 e. The maximum atomic E-state index is 12.6. The molecular weight excluding hydrogens is 223 g/mol. The molecule has 0 spiro atoms. The van der Waals surface area contributed by atoms with E-state index in [1.165, 1.54) is 14.0 Å². The molecule has 1 rings (SSSR count). The molecule has 90 valence electrons. The van der Waals surface area contributed by atoms with Crippen molar-refractivity contribution in [3.8, 4) is 5.75 Å². The van der Waals surface area contributed by atoms with Gasteiger partial charge in [0.05, 0.1) is 12.8 Å². The van der Waals surface area contributed by atoms with Crippen LogP contribution < -0.4 is 4.74 Å². The molecule has 0 fully saturated rings. The lowest BCUT2D eigenvalue weighted by molar-refractivity contribution is -0.139. The van der Waals surface area contributed by atoms with Gasteiger partial charge in [0.15, 0.2) is 0 Å². The van der Waals surface area contributed by atoms with E-state index >= 15 is 0 Å². The number of rotatable bonds is 4. The summed E-state index contributed by atoms with van der Waals surface area (Å²) in [5.74, 6) is -0.268. The Balaban J connectivity index is 2.90. The summed E-state index contributed by atoms with van der Waals surface area (Å²) in [5.41, 5.74) is -0.512. The monoisotopic (exact) mass is 235 g/mol. The van der Waals surface area contributed by atoms with Crippen LogP contribution in [0.15, 0.2) is 12.3 Å². The summed E-state index contributed by atoms with van der Waals surface area (Å²) in [6, 6.07) is 0.960. The van der Waals surface area contributed by atoms with Gasteiger partial charge in [-0.2, -0.15) is 13.2 Å². The van der Waals surface area contributed by atoms with E-state index in [0.29, 0.717) is 5.69 Å². The van der Waals surface area contributed by atoms with E-state index in [-0.39, 0.29) is 19.0 Å². The zero-order valence-electron chi connectivity index (χ0n) is 8.97. The van der Waals surface area contributed by atoms with Gasteiger partial charge >= 0.3 is 6.18 Å². The van der Waals surface area contributed by atoms with E-state index in [4.69, 9.17) is 4.74 Å². The van der Waals surface area contributed by atoms with Gasteiger partial charge in [0.1, 0.15) is 17.9 Å². The number of hydrogen-bond donors (Lipinski definition) is 0. The zero-order chi connectivity index (χ0) is 12.2. The molecule has 0 bridgehead atoms. The van der Waals surface area contributed by atoms with Gasteiger partial charge in [-0.25, -0.2) is 0 Å². The van der Waals surface area contributed by atoms with Gasteiger partial charge < -0.3 is 9.47 Å². The number of ether oxygens (including phenoxy) is 2. The third-order valence-corrected chi connectivity index (χ3v) is 1.85. The Labute approximate surface area is 91.2 Å². The number of alkyl halides is 3. The molecular formula is C10H12F3NO2. The molecule has 0 atom stereocenters. The van der Waals surface area contributed by atoms with Gasteiger partial charge in [0.25, 0.3) is 0 Å². The Kier molecular flexibility index (Phi) is 4.12. The first-order valence-corrected chi connectivity index (χ1v) is 4.60. The fourth-order valence-electron chi connectivity index (χ4n) is 1.12. The summed E-state index contributed by atoms with van der Waals surface area (Å²) in [7, 11) is 1.45. The SMILES string of the molecule is COCCOc1cnc(C)cc1C(F)(F)F. The predicted molar refractivity (Wildman–Crippen MR) is 51.3 cm³/mol. The first kappa shape index (κ1) is 12.8. The van der Waals surface area contributed by atoms with Crippen molar-refractivity contribution in [2.45, 2.75) is 13.1 Å². The zero-order valence-corrected chi connectivity index (χ0v) is 8.97. The van der Waals surface area contributed by atoms with Gasteiger partial charge in [-0.05, 0) is 13.0 Å². The minimum atomic E-state index is -4.43. The topological polar surface area (TPSA) is 31.4 Å². The number of nitrogens with zero attached hydrogens (tertiary/aromatic N) is 1. The lowest BCUT2D eigenvalue weighted by Gasteiger charge is -2.13. The summed E-state index contributed by atoms with van der Waals surface area (Å²) in [5, 5.41) is 0. The number of hydrogen-bond acceptors (Lipinski definition) is 3. The van der Waals surface area contributed by atoms with Gasteiger partial charge in [0.2, 0.25) is 0 Å². The van der Waals surface area contributed by atoms with Crippen LogP contribution in [0.5, 0.6) is 5.75 Å². The van der Waals surface area contributed by atoms with Crippen molar-refractivity contribution < 1.29 is 22.6 Å². The average Bonchev–Trinajstić information content (AvgIpc) is 2.19. The predicted octanol–water partition coefficient (Wildman–Crippen LogP) is 2.43. The molecule has 0 aliphatic carbocycles. The molecule has 0 aromatic carbocycles. The lowest BCUT2D eigenvalue weighted by Crippen LogP contribution is -2.12. The molecule has 16 heavy (non-hydrogen) atoms. The second-order valence-corrected chi connectivity index (χ2v) is 3.16. The number of aryl methyl sites for hydroxylation is 1. The Morgan fingerprint density at radius 1 is 1.31 bits per heavy atom. The summed E-state index contributed by atoms with van der Waals surface area (Å²) in [4.78, 5) is 3.77. The molecule has 1 aromatic heterocycles. The van der Waals surface area contributed by atoms with Crippen LogP contribution in [0.3, 0.4) is 0 Å². The third-order valence-electron chi connectivity index (χ3n) is 1.85. The molecule has 6 heteroatoms. The maximum Gasteiger partial charge on any atom is 0.420 e. The van der Waals surface area contributed by atoms with Crippen molar-refractivity contribution in [1.82, 2.24) is 4.98 Å². The van der Waals surface area contributed by atoms with E-state index in [1.54, 1.807) is 0 Å². The Bertz CT molecular complexity index is 352. The number of aromatic nitrogens is 1. The highest BCUT2D eigenvalue weighted by Gasteiger charge is 2.34. The molecule has 1 heterocycles. The van der Waals surface area contributed by atoms with Crippen molar-refractivity contribution in [3.63, 3.8) is 0 Å². The second-order valence-electron chi connectivity index (χ2n) is 3.16. The molecule has 0 saturated heterocycles. The van der Waals surface area contributed by atoms with Crippen molar-refractivity contribution in [2.75, 3.05) is 20.3 Å². The minimum Gasteiger partial charge on any atom is -0.489 e. The Morgan fingerprint density at radius 2 is 2.00 bits per heavy atom. The van der Waals surface area contributed by atoms with E-state index < -0.39 is 11.7 Å². The first-order valence-electron chi connectivity index (χ1n) is 4.60. The molecule has 0 saturated carbocycles. The molecule has 3 nitrogen and oxygen atoms in total. The molecule has 0 aliphatic heterocycles. The molecule has 0 radical (unpaired) electrons. The summed E-state index contributed by atoms with van der Waals surface area (Å²) in [6.45, 7) is 1.78.